The molecule has 0 bridgehead atoms. The number of hydrogen-bond donors (Lipinski definition) is 2. The van der Waals surface area contributed by atoms with Crippen molar-refractivity contribution in [1.29, 1.82) is 0 Å². The maximum absolute atomic E-state index is 10.7. The van der Waals surface area contributed by atoms with Crippen LogP contribution in [0, 0.1) is 0 Å². The topological polar surface area (TPSA) is 130 Å². The molecule has 9 heteroatoms. The molecule has 0 amide bonds. The molecule has 0 spiro atoms. The second kappa shape index (κ2) is 7.78. The molecule has 1 atom stereocenters. The second-order valence-electron chi connectivity index (χ2n) is 3.97. The summed E-state index contributed by atoms with van der Waals surface area (Å²) < 4.78 is 37.6. The first-order chi connectivity index (χ1) is 9.03. The van der Waals surface area contributed by atoms with Gasteiger partial charge in [0.15, 0.2) is 0 Å². The van der Waals surface area contributed by atoms with E-state index in [9.17, 15) is 18.0 Å². The number of carboxylic acid groups (broad SMARTS) is 1. The summed E-state index contributed by atoms with van der Waals surface area (Å²) in [7, 11) is -4.25. The van der Waals surface area contributed by atoms with Crippen molar-refractivity contribution in [3.63, 3.8) is 0 Å². The average molecular weight is 308 g/mol. The van der Waals surface area contributed by atoms with E-state index in [0.29, 0.717) is 18.8 Å². The number of esters is 1. The highest BCUT2D eigenvalue weighted by Gasteiger charge is 2.24. The Labute approximate surface area is 116 Å². The van der Waals surface area contributed by atoms with Crippen LogP contribution in [-0.4, -0.2) is 55.1 Å². The van der Waals surface area contributed by atoms with Gasteiger partial charge in [-0.15, -0.1) is 0 Å². The predicted molar refractivity (Wildman–Crippen MR) is 68.7 cm³/mol. The molecule has 1 heterocycles. The standard InChI is InChI=1S/C7H10O3.C4H6O5S/c1-5(2)7(8)10-4-6-3-9-6;1-3(4(5)6)2-10(7,8)9/h6H,1,3-4H2,2H3;1-2H2,(H,5,6)(H,7,8,9). The van der Waals surface area contributed by atoms with Crippen LogP contribution < -0.4 is 0 Å². The van der Waals surface area contributed by atoms with Gasteiger partial charge in [-0.3, -0.25) is 4.55 Å². The Morgan fingerprint density at radius 1 is 1.40 bits per heavy atom. The summed E-state index contributed by atoms with van der Waals surface area (Å²) >= 11 is 0. The molecule has 0 radical (unpaired) electrons. The van der Waals surface area contributed by atoms with E-state index in [-0.39, 0.29) is 12.1 Å². The van der Waals surface area contributed by atoms with Crippen LogP contribution in [0.4, 0.5) is 0 Å². The lowest BCUT2D eigenvalue weighted by Gasteiger charge is -1.99. The Balaban J connectivity index is 0.000000361. The fourth-order valence-electron chi connectivity index (χ4n) is 0.738. The first kappa shape index (κ1) is 18.3. The summed E-state index contributed by atoms with van der Waals surface area (Å²) in [6, 6.07) is 0. The number of carbonyl (C=O) groups excluding carboxylic acids is 1. The molecular formula is C11H16O8S. The van der Waals surface area contributed by atoms with Gasteiger partial charge in [0.2, 0.25) is 0 Å². The van der Waals surface area contributed by atoms with E-state index in [1.165, 1.54) is 0 Å². The lowest BCUT2D eigenvalue weighted by Crippen LogP contribution is -2.12. The largest absolute Gasteiger partial charge is 0.478 e. The van der Waals surface area contributed by atoms with Crippen LogP contribution in [-0.2, 0) is 29.2 Å². The minimum Gasteiger partial charge on any atom is -0.478 e. The summed E-state index contributed by atoms with van der Waals surface area (Å²) in [4.78, 5) is 20.6. The SMILES string of the molecule is C=C(C)C(=O)OCC1CO1.C=C(CS(=O)(=O)O)C(=O)O. The molecule has 1 fully saturated rings. The summed E-state index contributed by atoms with van der Waals surface area (Å²) in [5, 5.41) is 8.07. The third-order valence-electron chi connectivity index (χ3n) is 1.81. The van der Waals surface area contributed by atoms with Crippen molar-refractivity contribution in [2.45, 2.75) is 13.0 Å². The van der Waals surface area contributed by atoms with Crippen LogP contribution in [0.15, 0.2) is 24.3 Å². The fourth-order valence-corrected chi connectivity index (χ4v) is 1.30. The van der Waals surface area contributed by atoms with Gasteiger partial charge in [0, 0.05) is 11.1 Å². The molecule has 1 aliphatic rings. The molecule has 0 aromatic carbocycles. The summed E-state index contributed by atoms with van der Waals surface area (Å²) in [5.41, 5.74) is -0.122. The van der Waals surface area contributed by atoms with E-state index in [0.717, 1.165) is 0 Å². The van der Waals surface area contributed by atoms with Crippen molar-refractivity contribution in [3.8, 4) is 0 Å². The van der Waals surface area contributed by atoms with Crippen molar-refractivity contribution >= 4 is 22.1 Å². The number of ether oxygens (including phenoxy) is 2. The zero-order chi connectivity index (χ0) is 15.9. The molecule has 1 aliphatic heterocycles. The summed E-state index contributed by atoms with van der Waals surface area (Å²) in [6.07, 6.45) is 0.142. The van der Waals surface area contributed by atoms with Crippen molar-refractivity contribution in [1.82, 2.24) is 0 Å². The molecular weight excluding hydrogens is 292 g/mol. The Kier molecular flexibility index (Phi) is 7.11. The van der Waals surface area contributed by atoms with Gasteiger partial charge in [0.1, 0.15) is 18.5 Å². The first-order valence-electron chi connectivity index (χ1n) is 5.33. The Morgan fingerprint density at radius 3 is 2.15 bits per heavy atom. The van der Waals surface area contributed by atoms with Crippen LogP contribution in [0.25, 0.3) is 0 Å². The molecule has 114 valence electrons. The van der Waals surface area contributed by atoms with Gasteiger partial charge in [0.25, 0.3) is 10.1 Å². The minimum atomic E-state index is -4.25. The summed E-state index contributed by atoms with van der Waals surface area (Å²) in [6.45, 7) is 9.04. The van der Waals surface area contributed by atoms with E-state index in [2.05, 4.69) is 13.2 Å². The van der Waals surface area contributed by atoms with Crippen LogP contribution in [0.1, 0.15) is 6.92 Å². The molecule has 1 unspecified atom stereocenters. The number of epoxide rings is 1. The first-order valence-corrected chi connectivity index (χ1v) is 6.94. The molecule has 2 N–H and O–H groups in total. The van der Waals surface area contributed by atoms with Gasteiger partial charge in [-0.1, -0.05) is 13.2 Å². The number of rotatable bonds is 6. The Hall–Kier alpha value is -1.71. The molecule has 1 rings (SSSR count). The minimum absolute atomic E-state index is 0.142. The van der Waals surface area contributed by atoms with Crippen molar-refractivity contribution < 1.29 is 37.1 Å². The van der Waals surface area contributed by atoms with Crippen LogP contribution in [0.5, 0.6) is 0 Å². The maximum Gasteiger partial charge on any atom is 0.333 e. The Bertz CT molecular complexity index is 501. The van der Waals surface area contributed by atoms with Gasteiger partial charge >= 0.3 is 11.9 Å². The highest BCUT2D eigenvalue weighted by atomic mass is 32.2. The maximum atomic E-state index is 10.7. The highest BCUT2D eigenvalue weighted by Crippen LogP contribution is 2.09. The van der Waals surface area contributed by atoms with E-state index < -0.39 is 27.4 Å². The van der Waals surface area contributed by atoms with Crippen LogP contribution in [0.2, 0.25) is 0 Å². The smallest absolute Gasteiger partial charge is 0.333 e. The van der Waals surface area contributed by atoms with Crippen molar-refractivity contribution in [3.05, 3.63) is 24.3 Å². The van der Waals surface area contributed by atoms with Gasteiger partial charge in [-0.05, 0) is 6.92 Å². The number of carboxylic acids is 1. The van der Waals surface area contributed by atoms with Gasteiger partial charge < -0.3 is 14.6 Å². The van der Waals surface area contributed by atoms with Crippen molar-refractivity contribution in [2.75, 3.05) is 19.0 Å². The molecule has 20 heavy (non-hydrogen) atoms. The normalized spacial score (nSPS) is 16.4. The molecule has 0 saturated carbocycles. The molecule has 0 aromatic rings. The number of carbonyl (C=O) groups is 2. The average Bonchev–Trinajstić information content (AvgIpc) is 3.07. The number of aliphatic carboxylic acids is 1. The molecule has 8 nitrogen and oxygen atoms in total. The zero-order valence-electron chi connectivity index (χ0n) is 10.9. The number of hydrogen-bond acceptors (Lipinski definition) is 6. The summed E-state index contributed by atoms with van der Waals surface area (Å²) in [5.74, 6) is -2.70. The third-order valence-corrected chi connectivity index (χ3v) is 2.52. The highest BCUT2D eigenvalue weighted by molar-refractivity contribution is 7.86. The van der Waals surface area contributed by atoms with E-state index in [1.54, 1.807) is 6.92 Å². The quantitative estimate of drug-likeness (QED) is 0.304. The lowest BCUT2D eigenvalue weighted by molar-refractivity contribution is -0.139. The van der Waals surface area contributed by atoms with E-state index >= 15 is 0 Å². The van der Waals surface area contributed by atoms with Crippen molar-refractivity contribution in [2.24, 2.45) is 0 Å². The van der Waals surface area contributed by atoms with E-state index in [1.807, 2.05) is 0 Å². The fraction of sp³-hybridized carbons (Fsp3) is 0.455. The lowest BCUT2D eigenvalue weighted by atomic mass is 10.4. The zero-order valence-corrected chi connectivity index (χ0v) is 11.7. The van der Waals surface area contributed by atoms with Crippen LogP contribution >= 0.6 is 0 Å². The third kappa shape index (κ3) is 10.2. The predicted octanol–water partition coefficient (Wildman–Crippen LogP) is 0.0195. The van der Waals surface area contributed by atoms with Gasteiger partial charge in [-0.25, -0.2) is 9.59 Å². The molecule has 1 saturated heterocycles. The van der Waals surface area contributed by atoms with E-state index in [4.69, 9.17) is 19.1 Å². The van der Waals surface area contributed by atoms with Crippen LogP contribution in [0.3, 0.4) is 0 Å². The Morgan fingerprint density at radius 2 is 1.90 bits per heavy atom. The monoisotopic (exact) mass is 308 g/mol. The molecule has 0 aliphatic carbocycles. The molecule has 0 aromatic heterocycles. The van der Waals surface area contributed by atoms with Gasteiger partial charge in [0.05, 0.1) is 6.61 Å². The van der Waals surface area contributed by atoms with Gasteiger partial charge in [-0.2, -0.15) is 8.42 Å². The second-order valence-corrected chi connectivity index (χ2v) is 5.42.